The molecule has 0 radical (unpaired) electrons. The fourth-order valence-electron chi connectivity index (χ4n) is 1.36. The van der Waals surface area contributed by atoms with Crippen molar-refractivity contribution in [3.63, 3.8) is 0 Å². The zero-order valence-electron chi connectivity index (χ0n) is 9.13. The molecule has 1 aliphatic carbocycles. The van der Waals surface area contributed by atoms with Gasteiger partial charge < -0.3 is 10.2 Å². The first-order valence-electron chi connectivity index (χ1n) is 5.28. The molecule has 1 saturated carbocycles. The largest absolute Gasteiger partial charge is 0.481 e. The predicted molar refractivity (Wildman–Crippen MR) is 58.0 cm³/mol. The van der Waals surface area contributed by atoms with Gasteiger partial charge in [0.1, 0.15) is 6.04 Å². The summed E-state index contributed by atoms with van der Waals surface area (Å²) in [6.07, 6.45) is 1.04. The van der Waals surface area contributed by atoms with Gasteiger partial charge in [-0.25, -0.2) is 13.1 Å². The Morgan fingerprint density at radius 1 is 1.29 bits per heavy atom. The van der Waals surface area contributed by atoms with Gasteiger partial charge in [0.05, 0.1) is 5.25 Å². The lowest BCUT2D eigenvalue weighted by Crippen LogP contribution is -2.42. The smallest absolute Gasteiger partial charge is 0.321 e. The van der Waals surface area contributed by atoms with Crippen molar-refractivity contribution in [2.24, 2.45) is 0 Å². The summed E-state index contributed by atoms with van der Waals surface area (Å²) in [6.45, 7) is 0. The van der Waals surface area contributed by atoms with Crippen molar-refractivity contribution < 1.29 is 28.2 Å². The number of hydrogen-bond donors (Lipinski definition) is 3. The Kier molecular flexibility index (Phi) is 4.47. The monoisotopic (exact) mass is 265 g/mol. The normalized spacial score (nSPS) is 17.6. The molecule has 0 heterocycles. The Hall–Kier alpha value is -1.15. The van der Waals surface area contributed by atoms with Crippen molar-refractivity contribution >= 4 is 22.0 Å². The maximum absolute atomic E-state index is 11.5. The maximum atomic E-state index is 11.5. The zero-order valence-corrected chi connectivity index (χ0v) is 9.94. The molecule has 1 atom stereocenters. The van der Waals surface area contributed by atoms with Crippen molar-refractivity contribution in [2.75, 3.05) is 0 Å². The van der Waals surface area contributed by atoms with Crippen LogP contribution >= 0.6 is 0 Å². The number of nitrogens with one attached hydrogen (secondary N) is 1. The number of carbonyl (C=O) groups is 2. The number of sulfonamides is 1. The van der Waals surface area contributed by atoms with E-state index < -0.39 is 33.3 Å². The number of carboxylic acid groups (broad SMARTS) is 2. The molecule has 0 aromatic rings. The van der Waals surface area contributed by atoms with Gasteiger partial charge in [-0.05, 0) is 25.7 Å². The van der Waals surface area contributed by atoms with E-state index in [1.165, 1.54) is 0 Å². The molecule has 98 valence electrons. The minimum Gasteiger partial charge on any atom is -0.481 e. The summed E-state index contributed by atoms with van der Waals surface area (Å²) in [7, 11) is -3.56. The minimum absolute atomic E-state index is 0.0203. The molecule has 1 rings (SSSR count). The summed E-state index contributed by atoms with van der Waals surface area (Å²) in [5.74, 6) is -2.31. The highest BCUT2D eigenvalue weighted by Crippen LogP contribution is 2.27. The van der Waals surface area contributed by atoms with Gasteiger partial charge in [-0.1, -0.05) is 0 Å². The van der Waals surface area contributed by atoms with Crippen LogP contribution in [0.5, 0.6) is 0 Å². The summed E-state index contributed by atoms with van der Waals surface area (Å²) in [6, 6.07) is -1.24. The molecule has 0 aromatic carbocycles. The molecule has 0 amide bonds. The van der Waals surface area contributed by atoms with Crippen LogP contribution in [0.2, 0.25) is 0 Å². The number of aliphatic carboxylic acids is 2. The Labute approximate surface area is 98.9 Å². The SMILES string of the molecule is O=C(O)CCC[C@@H](NS(=O)(=O)C1CC1)C(=O)O. The van der Waals surface area contributed by atoms with Gasteiger partial charge in [0.2, 0.25) is 10.0 Å². The molecule has 0 spiro atoms. The Bertz CT molecular complexity index is 400. The molecule has 0 unspecified atom stereocenters. The third kappa shape index (κ3) is 4.70. The van der Waals surface area contributed by atoms with Crippen LogP contribution in [0.4, 0.5) is 0 Å². The molecular weight excluding hydrogens is 250 g/mol. The second kappa shape index (κ2) is 5.46. The number of hydrogen-bond acceptors (Lipinski definition) is 4. The number of rotatable bonds is 8. The molecule has 8 heteroatoms. The van der Waals surface area contributed by atoms with E-state index in [9.17, 15) is 18.0 Å². The van der Waals surface area contributed by atoms with Gasteiger partial charge in [-0.15, -0.1) is 0 Å². The van der Waals surface area contributed by atoms with E-state index in [1.807, 2.05) is 0 Å². The second-order valence-electron chi connectivity index (χ2n) is 4.04. The fraction of sp³-hybridized carbons (Fsp3) is 0.778. The third-order valence-corrected chi connectivity index (χ3v) is 4.41. The molecule has 0 saturated heterocycles. The first-order chi connectivity index (χ1) is 7.83. The van der Waals surface area contributed by atoms with Crippen molar-refractivity contribution in [3.05, 3.63) is 0 Å². The lowest BCUT2D eigenvalue weighted by Gasteiger charge is -2.13. The highest BCUT2D eigenvalue weighted by molar-refractivity contribution is 7.90. The topological polar surface area (TPSA) is 121 Å². The van der Waals surface area contributed by atoms with Gasteiger partial charge in [0.15, 0.2) is 0 Å². The maximum Gasteiger partial charge on any atom is 0.321 e. The van der Waals surface area contributed by atoms with Crippen molar-refractivity contribution in [3.8, 4) is 0 Å². The zero-order chi connectivity index (χ0) is 13.1. The molecule has 0 bridgehead atoms. The number of carboxylic acids is 2. The van der Waals surface area contributed by atoms with Crippen LogP contribution in [0.15, 0.2) is 0 Å². The average Bonchev–Trinajstić information content (AvgIpc) is 2.98. The first-order valence-corrected chi connectivity index (χ1v) is 6.83. The van der Waals surface area contributed by atoms with Crippen LogP contribution < -0.4 is 4.72 Å². The molecule has 7 nitrogen and oxygen atoms in total. The van der Waals surface area contributed by atoms with E-state index in [0.717, 1.165) is 0 Å². The minimum atomic E-state index is -3.56. The molecule has 0 aliphatic heterocycles. The van der Waals surface area contributed by atoms with Crippen LogP contribution in [0.1, 0.15) is 32.1 Å². The summed E-state index contributed by atoms with van der Waals surface area (Å²) in [4.78, 5) is 21.1. The highest BCUT2D eigenvalue weighted by atomic mass is 32.2. The summed E-state index contributed by atoms with van der Waals surface area (Å²) < 4.78 is 25.1. The molecule has 3 N–H and O–H groups in total. The van der Waals surface area contributed by atoms with Crippen LogP contribution in [-0.4, -0.2) is 41.9 Å². The van der Waals surface area contributed by atoms with E-state index in [0.29, 0.717) is 12.8 Å². The first kappa shape index (κ1) is 13.9. The fourth-order valence-corrected chi connectivity index (χ4v) is 2.93. The van der Waals surface area contributed by atoms with E-state index in [4.69, 9.17) is 10.2 Å². The summed E-state index contributed by atoms with van der Waals surface area (Å²) in [5.41, 5.74) is 0. The lowest BCUT2D eigenvalue weighted by atomic mass is 10.1. The van der Waals surface area contributed by atoms with Crippen LogP contribution in [0, 0.1) is 0 Å². The van der Waals surface area contributed by atoms with Crippen molar-refractivity contribution in [1.29, 1.82) is 0 Å². The molecular formula is C9H15NO6S. The Morgan fingerprint density at radius 3 is 2.29 bits per heavy atom. The average molecular weight is 265 g/mol. The van der Waals surface area contributed by atoms with E-state index in [-0.39, 0.29) is 19.3 Å². The van der Waals surface area contributed by atoms with E-state index >= 15 is 0 Å². The standard InChI is InChI=1S/C9H15NO6S/c11-8(12)3-1-2-7(9(13)14)10-17(15,16)6-4-5-6/h6-7,10H,1-5H2,(H,11,12)(H,13,14)/t7-/m1/s1. The highest BCUT2D eigenvalue weighted by Gasteiger charge is 2.38. The summed E-state index contributed by atoms with van der Waals surface area (Å²) >= 11 is 0. The van der Waals surface area contributed by atoms with Gasteiger partial charge >= 0.3 is 11.9 Å². The van der Waals surface area contributed by atoms with Crippen LogP contribution in [-0.2, 0) is 19.6 Å². The van der Waals surface area contributed by atoms with Gasteiger partial charge in [0, 0.05) is 6.42 Å². The molecule has 0 aromatic heterocycles. The van der Waals surface area contributed by atoms with E-state index in [2.05, 4.69) is 4.72 Å². The molecule has 17 heavy (non-hydrogen) atoms. The summed E-state index contributed by atoms with van der Waals surface area (Å²) in [5, 5.41) is 16.8. The molecule has 1 fully saturated rings. The van der Waals surface area contributed by atoms with Gasteiger partial charge in [0.25, 0.3) is 0 Å². The van der Waals surface area contributed by atoms with E-state index in [1.54, 1.807) is 0 Å². The Balaban J connectivity index is 2.48. The quantitative estimate of drug-likeness (QED) is 0.557. The van der Waals surface area contributed by atoms with Crippen molar-refractivity contribution in [2.45, 2.75) is 43.4 Å². The second-order valence-corrected chi connectivity index (χ2v) is 6.03. The van der Waals surface area contributed by atoms with Crippen LogP contribution in [0.25, 0.3) is 0 Å². The lowest BCUT2D eigenvalue weighted by molar-refractivity contribution is -0.140. The molecule has 1 aliphatic rings. The predicted octanol–water partition coefficient (Wildman–Crippen LogP) is -0.224. The Morgan fingerprint density at radius 2 is 1.88 bits per heavy atom. The third-order valence-electron chi connectivity index (χ3n) is 2.45. The van der Waals surface area contributed by atoms with Gasteiger partial charge in [-0.2, -0.15) is 0 Å². The van der Waals surface area contributed by atoms with Gasteiger partial charge in [-0.3, -0.25) is 9.59 Å². The van der Waals surface area contributed by atoms with Crippen molar-refractivity contribution in [1.82, 2.24) is 4.72 Å². The van der Waals surface area contributed by atoms with Crippen LogP contribution in [0.3, 0.4) is 0 Å².